The monoisotopic (exact) mass is 329 g/mol. The summed E-state index contributed by atoms with van der Waals surface area (Å²) in [5.74, 6) is -1.10. The molecule has 0 saturated heterocycles. The highest BCUT2D eigenvalue weighted by Gasteiger charge is 2.17. The summed E-state index contributed by atoms with van der Waals surface area (Å²) in [6.45, 7) is 1.62. The predicted molar refractivity (Wildman–Crippen MR) is 83.1 cm³/mol. The summed E-state index contributed by atoms with van der Waals surface area (Å²) in [5, 5.41) is 3.99. The molecule has 0 aromatic heterocycles. The summed E-state index contributed by atoms with van der Waals surface area (Å²) in [5.41, 5.74) is 1.77. The number of hydrogen-bond donors (Lipinski definition) is 1. The van der Waals surface area contributed by atoms with Crippen molar-refractivity contribution >= 4 is 23.2 Å². The average Bonchev–Trinajstić information content (AvgIpc) is 2.44. The fraction of sp³-hybridized carbons (Fsp3) is 0.250. The lowest BCUT2D eigenvalue weighted by atomic mass is 9.97. The van der Waals surface area contributed by atoms with Crippen LogP contribution in [0.4, 0.5) is 8.78 Å². The van der Waals surface area contributed by atoms with Crippen LogP contribution in [0.3, 0.4) is 0 Å². The topological polar surface area (TPSA) is 12.0 Å². The third-order valence-corrected chi connectivity index (χ3v) is 4.16. The molecule has 0 fully saturated rings. The number of nitrogens with one attached hydrogen (secondary N) is 1. The molecule has 0 bridgehead atoms. The molecule has 112 valence electrons. The molecule has 0 saturated carbocycles. The van der Waals surface area contributed by atoms with E-state index in [9.17, 15) is 8.78 Å². The zero-order valence-electron chi connectivity index (χ0n) is 11.7. The predicted octanol–water partition coefficient (Wildman–Crippen LogP) is 5.08. The summed E-state index contributed by atoms with van der Waals surface area (Å²) in [4.78, 5) is 0. The molecule has 0 amide bonds. The van der Waals surface area contributed by atoms with Gasteiger partial charge in [0.15, 0.2) is 0 Å². The molecule has 0 aliphatic carbocycles. The zero-order chi connectivity index (χ0) is 15.6. The summed E-state index contributed by atoms with van der Waals surface area (Å²) in [6.07, 6.45) is 0.523. The average molecular weight is 330 g/mol. The van der Waals surface area contributed by atoms with Gasteiger partial charge in [0.2, 0.25) is 0 Å². The van der Waals surface area contributed by atoms with Crippen molar-refractivity contribution in [2.24, 2.45) is 0 Å². The fourth-order valence-electron chi connectivity index (χ4n) is 2.22. The third-order valence-electron chi connectivity index (χ3n) is 3.43. The van der Waals surface area contributed by atoms with Gasteiger partial charge < -0.3 is 5.32 Å². The Balaban J connectivity index is 2.31. The molecule has 0 aliphatic heterocycles. The van der Waals surface area contributed by atoms with Crippen molar-refractivity contribution in [1.29, 1.82) is 0 Å². The molecule has 1 N–H and O–H groups in total. The first-order chi connectivity index (χ1) is 9.92. The Kier molecular flexibility index (Phi) is 5.20. The van der Waals surface area contributed by atoms with Gasteiger partial charge in [0.05, 0.1) is 10.0 Å². The summed E-state index contributed by atoms with van der Waals surface area (Å²) in [7, 11) is 1.74. The summed E-state index contributed by atoms with van der Waals surface area (Å²) < 4.78 is 27.3. The van der Waals surface area contributed by atoms with E-state index in [1.54, 1.807) is 26.1 Å². The minimum atomic E-state index is -0.558. The molecule has 21 heavy (non-hydrogen) atoms. The lowest BCUT2D eigenvalue weighted by Gasteiger charge is -2.18. The zero-order valence-corrected chi connectivity index (χ0v) is 13.2. The van der Waals surface area contributed by atoms with E-state index in [2.05, 4.69) is 5.32 Å². The van der Waals surface area contributed by atoms with Crippen LogP contribution in [0.25, 0.3) is 0 Å². The largest absolute Gasteiger partial charge is 0.313 e. The van der Waals surface area contributed by atoms with E-state index in [0.717, 1.165) is 11.6 Å². The second-order valence-corrected chi connectivity index (χ2v) is 5.73. The minimum absolute atomic E-state index is 0.276. The van der Waals surface area contributed by atoms with Gasteiger partial charge in [-0.05, 0) is 49.7 Å². The van der Waals surface area contributed by atoms with Gasteiger partial charge in [-0.15, -0.1) is 0 Å². The van der Waals surface area contributed by atoms with Crippen molar-refractivity contribution in [1.82, 2.24) is 5.32 Å². The van der Waals surface area contributed by atoms with Crippen LogP contribution in [-0.2, 0) is 6.42 Å². The lowest BCUT2D eigenvalue weighted by molar-refractivity contribution is 0.519. The van der Waals surface area contributed by atoms with Crippen LogP contribution in [0.2, 0.25) is 10.0 Å². The molecule has 2 aromatic carbocycles. The highest BCUT2D eigenvalue weighted by molar-refractivity contribution is 6.42. The highest BCUT2D eigenvalue weighted by Crippen LogP contribution is 2.27. The van der Waals surface area contributed by atoms with Gasteiger partial charge in [-0.3, -0.25) is 0 Å². The molecule has 0 heterocycles. The second kappa shape index (κ2) is 6.73. The van der Waals surface area contributed by atoms with Crippen LogP contribution in [0.1, 0.15) is 22.7 Å². The molecule has 1 unspecified atom stereocenters. The van der Waals surface area contributed by atoms with Crippen LogP contribution in [0.15, 0.2) is 30.3 Å². The maximum Gasteiger partial charge on any atom is 0.130 e. The van der Waals surface area contributed by atoms with Crippen LogP contribution >= 0.6 is 23.2 Å². The van der Waals surface area contributed by atoms with E-state index < -0.39 is 11.6 Å². The summed E-state index contributed by atoms with van der Waals surface area (Å²) in [6, 6.07) is 7.47. The normalized spacial score (nSPS) is 12.5. The maximum absolute atomic E-state index is 14.0. The van der Waals surface area contributed by atoms with Gasteiger partial charge in [0, 0.05) is 17.7 Å². The van der Waals surface area contributed by atoms with E-state index in [1.165, 1.54) is 6.07 Å². The van der Waals surface area contributed by atoms with Gasteiger partial charge in [-0.1, -0.05) is 29.3 Å². The molecular weight excluding hydrogens is 315 g/mol. The molecule has 0 radical (unpaired) electrons. The van der Waals surface area contributed by atoms with Crippen LogP contribution in [-0.4, -0.2) is 7.05 Å². The van der Waals surface area contributed by atoms with Crippen LogP contribution in [0.5, 0.6) is 0 Å². The number of rotatable bonds is 4. The Hall–Kier alpha value is -1.16. The Morgan fingerprint density at radius 2 is 1.76 bits per heavy atom. The first-order valence-electron chi connectivity index (χ1n) is 6.49. The molecule has 0 aliphatic rings. The molecule has 0 spiro atoms. The fourth-order valence-corrected chi connectivity index (χ4v) is 2.54. The smallest absolute Gasteiger partial charge is 0.130 e. The molecule has 1 nitrogen and oxygen atoms in total. The standard InChI is InChI=1S/C16H15Cl2F2N/c1-9-5-11(15(20)8-14(9)19)16(21-2)7-10-3-4-12(17)13(18)6-10/h3-6,8,16,21H,7H2,1-2H3. The Bertz CT molecular complexity index is 659. The van der Waals surface area contributed by atoms with Crippen molar-refractivity contribution in [3.8, 4) is 0 Å². The van der Waals surface area contributed by atoms with E-state index in [4.69, 9.17) is 23.2 Å². The number of likely N-dealkylation sites (N-methyl/N-ethyl adjacent to an activating group) is 1. The molecule has 2 rings (SSSR count). The van der Waals surface area contributed by atoms with Gasteiger partial charge in [0.1, 0.15) is 11.6 Å². The maximum atomic E-state index is 14.0. The quantitative estimate of drug-likeness (QED) is 0.824. The van der Waals surface area contributed by atoms with E-state index in [1.807, 2.05) is 6.07 Å². The number of hydrogen-bond acceptors (Lipinski definition) is 1. The molecule has 2 aromatic rings. The minimum Gasteiger partial charge on any atom is -0.313 e. The lowest BCUT2D eigenvalue weighted by Crippen LogP contribution is -2.20. The Morgan fingerprint density at radius 3 is 2.38 bits per heavy atom. The van der Waals surface area contributed by atoms with Crippen molar-refractivity contribution in [2.45, 2.75) is 19.4 Å². The molecular formula is C16H15Cl2F2N. The van der Waals surface area contributed by atoms with E-state index >= 15 is 0 Å². The third kappa shape index (κ3) is 3.73. The first-order valence-corrected chi connectivity index (χ1v) is 7.24. The highest BCUT2D eigenvalue weighted by atomic mass is 35.5. The van der Waals surface area contributed by atoms with E-state index in [0.29, 0.717) is 27.6 Å². The van der Waals surface area contributed by atoms with Gasteiger partial charge in [-0.25, -0.2) is 8.78 Å². The first kappa shape index (κ1) is 16.2. The van der Waals surface area contributed by atoms with Crippen LogP contribution < -0.4 is 5.32 Å². The number of halogens is 4. The van der Waals surface area contributed by atoms with Crippen LogP contribution in [0, 0.1) is 18.6 Å². The number of aryl methyl sites for hydroxylation is 1. The SMILES string of the molecule is CNC(Cc1ccc(Cl)c(Cl)c1)c1cc(C)c(F)cc1F. The van der Waals surface area contributed by atoms with Gasteiger partial charge in [0.25, 0.3) is 0 Å². The second-order valence-electron chi connectivity index (χ2n) is 4.92. The van der Waals surface area contributed by atoms with E-state index in [-0.39, 0.29) is 6.04 Å². The van der Waals surface area contributed by atoms with Crippen molar-refractivity contribution in [3.05, 3.63) is 68.7 Å². The summed E-state index contributed by atoms with van der Waals surface area (Å²) >= 11 is 11.9. The van der Waals surface area contributed by atoms with Gasteiger partial charge >= 0.3 is 0 Å². The van der Waals surface area contributed by atoms with Gasteiger partial charge in [-0.2, -0.15) is 0 Å². The Morgan fingerprint density at radius 1 is 1.05 bits per heavy atom. The molecule has 5 heteroatoms. The Labute approximate surface area is 132 Å². The van der Waals surface area contributed by atoms with Crippen molar-refractivity contribution in [2.75, 3.05) is 7.05 Å². The van der Waals surface area contributed by atoms with Crippen molar-refractivity contribution < 1.29 is 8.78 Å². The van der Waals surface area contributed by atoms with Crippen molar-refractivity contribution in [3.63, 3.8) is 0 Å². The molecule has 1 atom stereocenters. The number of benzene rings is 2.